The Morgan fingerprint density at radius 3 is 2.48 bits per heavy atom. The van der Waals surface area contributed by atoms with Gasteiger partial charge in [0.15, 0.2) is 0 Å². The van der Waals surface area contributed by atoms with Gasteiger partial charge >= 0.3 is 12.1 Å². The Labute approximate surface area is 123 Å². The van der Waals surface area contributed by atoms with Crippen LogP contribution in [0.15, 0.2) is 18.2 Å². The third-order valence-corrected chi connectivity index (χ3v) is 2.96. The molecule has 1 unspecified atom stereocenters. The van der Waals surface area contributed by atoms with Gasteiger partial charge in [-0.25, -0.2) is 0 Å². The number of para-hydroxylation sites is 1. The standard InChI is InChI=1S/C13H13ClF3NO3/c1-7(6-11(20)21)5-10(19)18-12-8(13(15,16)17)3-2-4-9(12)14/h2-4,7H,5-6H2,1H3,(H,18,19)(H,20,21). The van der Waals surface area contributed by atoms with Gasteiger partial charge in [0.2, 0.25) is 5.91 Å². The number of nitrogens with one attached hydrogen (secondary N) is 1. The maximum Gasteiger partial charge on any atom is 0.418 e. The number of carbonyl (C=O) groups is 2. The lowest BCUT2D eigenvalue weighted by Gasteiger charge is -2.16. The van der Waals surface area contributed by atoms with E-state index in [2.05, 4.69) is 5.32 Å². The molecule has 0 spiro atoms. The van der Waals surface area contributed by atoms with Crippen LogP contribution in [0.1, 0.15) is 25.3 Å². The molecule has 0 radical (unpaired) electrons. The Balaban J connectivity index is 2.88. The number of carboxylic acid groups (broad SMARTS) is 1. The zero-order chi connectivity index (χ0) is 16.2. The number of hydrogen-bond acceptors (Lipinski definition) is 2. The van der Waals surface area contributed by atoms with E-state index in [0.717, 1.165) is 12.1 Å². The molecule has 0 saturated heterocycles. The van der Waals surface area contributed by atoms with E-state index >= 15 is 0 Å². The maximum atomic E-state index is 12.8. The summed E-state index contributed by atoms with van der Waals surface area (Å²) in [5.74, 6) is -2.30. The van der Waals surface area contributed by atoms with E-state index in [-0.39, 0.29) is 17.9 Å². The topological polar surface area (TPSA) is 66.4 Å². The molecule has 1 aromatic carbocycles. The minimum atomic E-state index is -4.65. The number of carbonyl (C=O) groups excluding carboxylic acids is 1. The highest BCUT2D eigenvalue weighted by Crippen LogP contribution is 2.38. The van der Waals surface area contributed by atoms with Gasteiger partial charge in [0.05, 0.1) is 16.3 Å². The molecule has 0 aliphatic carbocycles. The fraction of sp³-hybridized carbons (Fsp3) is 0.385. The largest absolute Gasteiger partial charge is 0.481 e. The minimum absolute atomic E-state index is 0.213. The molecular weight excluding hydrogens is 311 g/mol. The van der Waals surface area contributed by atoms with Gasteiger partial charge in [0.25, 0.3) is 0 Å². The summed E-state index contributed by atoms with van der Waals surface area (Å²) in [7, 11) is 0. The van der Waals surface area contributed by atoms with Crippen molar-refractivity contribution in [3.05, 3.63) is 28.8 Å². The van der Waals surface area contributed by atoms with Crippen LogP contribution in [0, 0.1) is 5.92 Å². The van der Waals surface area contributed by atoms with Crippen molar-refractivity contribution in [2.45, 2.75) is 25.9 Å². The first kappa shape index (κ1) is 17.3. The van der Waals surface area contributed by atoms with Crippen LogP contribution in [0.4, 0.5) is 18.9 Å². The molecule has 1 rings (SSSR count). The van der Waals surface area contributed by atoms with Crippen molar-refractivity contribution < 1.29 is 27.9 Å². The van der Waals surface area contributed by atoms with Crippen molar-refractivity contribution in [1.29, 1.82) is 0 Å². The van der Waals surface area contributed by atoms with Crippen LogP contribution < -0.4 is 5.32 Å². The number of anilines is 1. The van der Waals surface area contributed by atoms with Crippen molar-refractivity contribution in [1.82, 2.24) is 0 Å². The lowest BCUT2D eigenvalue weighted by Crippen LogP contribution is -2.19. The van der Waals surface area contributed by atoms with Gasteiger partial charge in [-0.15, -0.1) is 0 Å². The Morgan fingerprint density at radius 1 is 1.33 bits per heavy atom. The van der Waals surface area contributed by atoms with Gasteiger partial charge in [-0.2, -0.15) is 13.2 Å². The van der Waals surface area contributed by atoms with E-state index in [0.29, 0.717) is 0 Å². The van der Waals surface area contributed by atoms with E-state index < -0.39 is 35.2 Å². The van der Waals surface area contributed by atoms with Gasteiger partial charge in [0, 0.05) is 12.8 Å². The molecule has 0 heterocycles. The second-order valence-electron chi connectivity index (χ2n) is 4.62. The molecule has 8 heteroatoms. The van der Waals surface area contributed by atoms with Crippen molar-refractivity contribution in [2.75, 3.05) is 5.32 Å². The van der Waals surface area contributed by atoms with Crippen LogP contribution in [0.25, 0.3) is 0 Å². The molecule has 0 bridgehead atoms. The van der Waals surface area contributed by atoms with Crippen LogP contribution in [0.5, 0.6) is 0 Å². The number of benzene rings is 1. The highest BCUT2D eigenvalue weighted by Gasteiger charge is 2.34. The average Bonchev–Trinajstić information content (AvgIpc) is 2.28. The third-order valence-electron chi connectivity index (χ3n) is 2.64. The van der Waals surface area contributed by atoms with Crippen LogP contribution in [0.2, 0.25) is 5.02 Å². The fourth-order valence-electron chi connectivity index (χ4n) is 1.76. The Morgan fingerprint density at radius 2 is 1.95 bits per heavy atom. The van der Waals surface area contributed by atoms with E-state index in [4.69, 9.17) is 16.7 Å². The smallest absolute Gasteiger partial charge is 0.418 e. The van der Waals surface area contributed by atoms with Crippen molar-refractivity contribution in [3.8, 4) is 0 Å². The van der Waals surface area contributed by atoms with E-state index in [9.17, 15) is 22.8 Å². The van der Waals surface area contributed by atoms with E-state index in [1.165, 1.54) is 13.0 Å². The van der Waals surface area contributed by atoms with Crippen molar-refractivity contribution in [3.63, 3.8) is 0 Å². The van der Waals surface area contributed by atoms with Crippen LogP contribution >= 0.6 is 11.6 Å². The Kier molecular flexibility index (Phi) is 5.60. The molecule has 0 fully saturated rings. The first-order valence-corrected chi connectivity index (χ1v) is 6.36. The number of hydrogen-bond donors (Lipinski definition) is 2. The Bertz CT molecular complexity index is 546. The quantitative estimate of drug-likeness (QED) is 0.866. The fourth-order valence-corrected chi connectivity index (χ4v) is 1.99. The molecule has 1 aromatic rings. The Hall–Kier alpha value is -1.76. The number of alkyl halides is 3. The first-order valence-electron chi connectivity index (χ1n) is 5.98. The summed E-state index contributed by atoms with van der Waals surface area (Å²) in [5.41, 5.74) is -1.56. The van der Waals surface area contributed by atoms with Crippen LogP contribution in [-0.4, -0.2) is 17.0 Å². The SMILES string of the molecule is CC(CC(=O)O)CC(=O)Nc1c(Cl)cccc1C(F)(F)F. The summed E-state index contributed by atoms with van der Waals surface area (Å²) >= 11 is 5.69. The number of halogens is 4. The highest BCUT2D eigenvalue weighted by atomic mass is 35.5. The molecule has 1 atom stereocenters. The van der Waals surface area contributed by atoms with Crippen LogP contribution in [0.3, 0.4) is 0 Å². The van der Waals surface area contributed by atoms with Gasteiger partial charge in [-0.05, 0) is 18.1 Å². The molecule has 4 nitrogen and oxygen atoms in total. The molecule has 0 aliphatic heterocycles. The molecule has 0 aromatic heterocycles. The van der Waals surface area contributed by atoms with Gasteiger partial charge in [0.1, 0.15) is 0 Å². The average molecular weight is 324 g/mol. The number of amides is 1. The molecule has 21 heavy (non-hydrogen) atoms. The normalized spacial score (nSPS) is 12.8. The maximum absolute atomic E-state index is 12.8. The molecule has 1 amide bonds. The van der Waals surface area contributed by atoms with Gasteiger partial charge in [-0.3, -0.25) is 9.59 Å². The molecular formula is C13H13ClF3NO3. The lowest BCUT2D eigenvalue weighted by atomic mass is 10.0. The zero-order valence-electron chi connectivity index (χ0n) is 11.0. The summed E-state index contributed by atoms with van der Waals surface area (Å²) in [6.07, 6.45) is -5.11. The van der Waals surface area contributed by atoms with Crippen LogP contribution in [-0.2, 0) is 15.8 Å². The summed E-state index contributed by atoms with van der Waals surface area (Å²) in [5, 5.41) is 10.5. The molecule has 0 saturated carbocycles. The number of aliphatic carboxylic acids is 1. The molecule has 0 aliphatic rings. The lowest BCUT2D eigenvalue weighted by molar-refractivity contribution is -0.138. The number of carboxylic acids is 1. The second kappa shape index (κ2) is 6.80. The van der Waals surface area contributed by atoms with E-state index in [1.54, 1.807) is 0 Å². The highest BCUT2D eigenvalue weighted by molar-refractivity contribution is 6.34. The van der Waals surface area contributed by atoms with Crippen molar-refractivity contribution >= 4 is 29.2 Å². The predicted octanol–water partition coefficient (Wildman–Crippen LogP) is 3.80. The molecule has 116 valence electrons. The zero-order valence-corrected chi connectivity index (χ0v) is 11.8. The summed E-state index contributed by atoms with van der Waals surface area (Å²) in [4.78, 5) is 22.2. The van der Waals surface area contributed by atoms with Gasteiger partial charge < -0.3 is 10.4 Å². The summed E-state index contributed by atoms with van der Waals surface area (Å²) in [6.45, 7) is 1.52. The minimum Gasteiger partial charge on any atom is -0.481 e. The third kappa shape index (κ3) is 5.26. The second-order valence-corrected chi connectivity index (χ2v) is 5.02. The van der Waals surface area contributed by atoms with Crippen molar-refractivity contribution in [2.24, 2.45) is 5.92 Å². The monoisotopic (exact) mass is 323 g/mol. The summed E-state index contributed by atoms with van der Waals surface area (Å²) < 4.78 is 38.5. The summed E-state index contributed by atoms with van der Waals surface area (Å²) in [6, 6.07) is 3.17. The number of rotatable bonds is 5. The molecule has 2 N–H and O–H groups in total. The van der Waals surface area contributed by atoms with Gasteiger partial charge in [-0.1, -0.05) is 24.6 Å². The van der Waals surface area contributed by atoms with E-state index in [1.807, 2.05) is 0 Å². The first-order chi connectivity index (χ1) is 9.61. The predicted molar refractivity (Wildman–Crippen MR) is 71.1 cm³/mol.